The standard InChI is InChI=1S/C38H19N3O2/c39-20-24-9-12-26(17-25(24)21-40)41-32-15-11-22(23-10-13-29-27-5-1-3-7-34(27)42-36(29)19-23)18-31(32)37-33(41)16-14-30-28-6-2-4-8-35(28)43-38(30)37/h1-19H. The molecule has 0 atom stereocenters. The third-order valence-corrected chi connectivity index (χ3v) is 8.49. The van der Waals surface area contributed by atoms with Gasteiger partial charge >= 0.3 is 0 Å². The van der Waals surface area contributed by atoms with E-state index in [0.717, 1.165) is 82.5 Å². The second kappa shape index (κ2) is 8.60. The van der Waals surface area contributed by atoms with Crippen molar-refractivity contribution in [1.82, 2.24) is 4.57 Å². The first-order chi connectivity index (χ1) is 21.2. The minimum Gasteiger partial charge on any atom is -0.456 e. The Morgan fingerprint density at radius 2 is 1.14 bits per heavy atom. The molecule has 0 fully saturated rings. The quantitative estimate of drug-likeness (QED) is 0.215. The van der Waals surface area contributed by atoms with Crippen molar-refractivity contribution in [3.8, 4) is 29.0 Å². The smallest absolute Gasteiger partial charge is 0.145 e. The third-order valence-electron chi connectivity index (χ3n) is 8.49. The zero-order chi connectivity index (χ0) is 28.7. The van der Waals surface area contributed by atoms with Gasteiger partial charge in [-0.2, -0.15) is 10.5 Å². The number of rotatable bonds is 2. The summed E-state index contributed by atoms with van der Waals surface area (Å²) in [6.45, 7) is 0. The summed E-state index contributed by atoms with van der Waals surface area (Å²) >= 11 is 0. The highest BCUT2D eigenvalue weighted by atomic mass is 16.3. The fourth-order valence-electron chi connectivity index (χ4n) is 6.51. The predicted molar refractivity (Wildman–Crippen MR) is 170 cm³/mol. The zero-order valence-electron chi connectivity index (χ0n) is 22.6. The molecule has 198 valence electrons. The molecule has 0 aliphatic heterocycles. The molecule has 0 radical (unpaired) electrons. The molecule has 5 nitrogen and oxygen atoms in total. The molecule has 0 amide bonds. The van der Waals surface area contributed by atoms with E-state index in [-0.39, 0.29) is 0 Å². The van der Waals surface area contributed by atoms with Crippen LogP contribution in [0, 0.1) is 22.7 Å². The number of aromatic nitrogens is 1. The number of hydrogen-bond donors (Lipinski definition) is 0. The molecule has 3 heterocycles. The second-order valence-electron chi connectivity index (χ2n) is 10.8. The van der Waals surface area contributed by atoms with E-state index in [2.05, 4.69) is 77.4 Å². The van der Waals surface area contributed by atoms with Crippen LogP contribution in [0.3, 0.4) is 0 Å². The van der Waals surface area contributed by atoms with Gasteiger partial charge in [-0.05, 0) is 77.9 Å². The maximum atomic E-state index is 9.77. The highest BCUT2D eigenvalue weighted by Crippen LogP contribution is 2.42. The van der Waals surface area contributed by atoms with Crippen LogP contribution in [0.25, 0.3) is 82.5 Å². The molecule has 0 bridgehead atoms. The molecule has 9 rings (SSSR count). The third kappa shape index (κ3) is 3.25. The van der Waals surface area contributed by atoms with E-state index in [1.165, 1.54) is 0 Å². The van der Waals surface area contributed by atoms with Gasteiger partial charge < -0.3 is 13.4 Å². The Kier molecular flexibility index (Phi) is 4.68. The van der Waals surface area contributed by atoms with Crippen molar-refractivity contribution >= 4 is 65.7 Å². The summed E-state index contributed by atoms with van der Waals surface area (Å²) in [6.07, 6.45) is 0. The number of nitrogens with zero attached hydrogens (tertiary/aromatic N) is 3. The first kappa shape index (κ1) is 23.4. The van der Waals surface area contributed by atoms with Gasteiger partial charge in [0.2, 0.25) is 0 Å². The number of furan rings is 2. The van der Waals surface area contributed by atoms with Crippen LogP contribution in [0.2, 0.25) is 0 Å². The maximum Gasteiger partial charge on any atom is 0.145 e. The lowest BCUT2D eigenvalue weighted by atomic mass is 10.0. The number of nitriles is 2. The highest BCUT2D eigenvalue weighted by Gasteiger charge is 2.20. The molecular formula is C38H19N3O2. The molecule has 0 spiro atoms. The summed E-state index contributed by atoms with van der Waals surface area (Å²) in [5.74, 6) is 0. The lowest BCUT2D eigenvalue weighted by Gasteiger charge is -2.09. The Morgan fingerprint density at radius 3 is 1.95 bits per heavy atom. The summed E-state index contributed by atoms with van der Waals surface area (Å²) in [4.78, 5) is 0. The SMILES string of the molecule is N#Cc1ccc(-n2c3ccc(-c4ccc5c(c4)oc4ccccc45)cc3c3c4oc5ccccc5c4ccc32)cc1C#N. The van der Waals surface area contributed by atoms with Crippen molar-refractivity contribution in [2.75, 3.05) is 0 Å². The average Bonchev–Trinajstić information content (AvgIpc) is 3.73. The number of para-hydroxylation sites is 2. The summed E-state index contributed by atoms with van der Waals surface area (Å²) in [7, 11) is 0. The Morgan fingerprint density at radius 1 is 0.488 bits per heavy atom. The molecule has 0 aliphatic rings. The Balaban J connectivity index is 1.36. The fourth-order valence-corrected chi connectivity index (χ4v) is 6.51. The van der Waals surface area contributed by atoms with Crippen LogP contribution < -0.4 is 0 Å². The van der Waals surface area contributed by atoms with E-state index in [9.17, 15) is 10.5 Å². The molecule has 3 aromatic heterocycles. The molecule has 5 heteroatoms. The van der Waals surface area contributed by atoms with Gasteiger partial charge in [-0.15, -0.1) is 0 Å². The Bertz CT molecular complexity index is 2710. The van der Waals surface area contributed by atoms with Crippen LogP contribution in [0.15, 0.2) is 124 Å². The number of fused-ring (bicyclic) bond motifs is 10. The normalized spacial score (nSPS) is 11.7. The predicted octanol–water partition coefficient (Wildman–Crippen LogP) is 9.99. The van der Waals surface area contributed by atoms with E-state index in [0.29, 0.717) is 11.1 Å². The minimum absolute atomic E-state index is 0.343. The molecule has 43 heavy (non-hydrogen) atoms. The van der Waals surface area contributed by atoms with Gasteiger partial charge in [0.05, 0.1) is 27.5 Å². The summed E-state index contributed by atoms with van der Waals surface area (Å²) in [5.41, 5.74) is 8.93. The zero-order valence-corrected chi connectivity index (χ0v) is 22.6. The van der Waals surface area contributed by atoms with Gasteiger partial charge in [0.25, 0.3) is 0 Å². The van der Waals surface area contributed by atoms with Gasteiger partial charge in [-0.3, -0.25) is 0 Å². The van der Waals surface area contributed by atoms with Crippen molar-refractivity contribution in [3.05, 3.63) is 126 Å². The summed E-state index contributed by atoms with van der Waals surface area (Å²) in [5, 5.41) is 25.6. The Hall–Kier alpha value is -6.30. The topological polar surface area (TPSA) is 78.8 Å². The molecule has 0 N–H and O–H groups in total. The number of hydrogen-bond acceptors (Lipinski definition) is 4. The Labute approximate surface area is 244 Å². The van der Waals surface area contributed by atoms with Crippen molar-refractivity contribution in [3.63, 3.8) is 0 Å². The average molecular weight is 550 g/mol. The molecule has 0 aliphatic carbocycles. The first-order valence-electron chi connectivity index (χ1n) is 14.0. The van der Waals surface area contributed by atoms with Crippen LogP contribution in [-0.2, 0) is 0 Å². The van der Waals surface area contributed by atoms with Crippen LogP contribution in [0.5, 0.6) is 0 Å². The molecule has 0 saturated carbocycles. The lowest BCUT2D eigenvalue weighted by molar-refractivity contribution is 0.669. The molecule has 6 aromatic carbocycles. The van der Waals surface area contributed by atoms with Gasteiger partial charge in [-0.25, -0.2) is 0 Å². The minimum atomic E-state index is 0.343. The van der Waals surface area contributed by atoms with Crippen molar-refractivity contribution < 1.29 is 8.83 Å². The van der Waals surface area contributed by atoms with E-state index >= 15 is 0 Å². The molecule has 0 unspecified atom stereocenters. The van der Waals surface area contributed by atoms with Gasteiger partial charge in [0, 0.05) is 32.6 Å². The lowest BCUT2D eigenvalue weighted by Crippen LogP contribution is -1.96. The number of benzene rings is 6. The van der Waals surface area contributed by atoms with Crippen molar-refractivity contribution in [2.24, 2.45) is 0 Å². The highest BCUT2D eigenvalue weighted by molar-refractivity contribution is 6.24. The van der Waals surface area contributed by atoms with Crippen LogP contribution in [-0.4, -0.2) is 4.57 Å². The molecule has 9 aromatic rings. The van der Waals surface area contributed by atoms with Crippen molar-refractivity contribution in [2.45, 2.75) is 0 Å². The maximum absolute atomic E-state index is 9.77. The monoisotopic (exact) mass is 549 g/mol. The summed E-state index contributed by atoms with van der Waals surface area (Å²) in [6, 6.07) is 42.9. The van der Waals surface area contributed by atoms with Gasteiger partial charge in [-0.1, -0.05) is 48.5 Å². The van der Waals surface area contributed by atoms with Gasteiger partial charge in [0.15, 0.2) is 0 Å². The first-order valence-corrected chi connectivity index (χ1v) is 14.0. The second-order valence-corrected chi connectivity index (χ2v) is 10.8. The van der Waals surface area contributed by atoms with Crippen molar-refractivity contribution in [1.29, 1.82) is 10.5 Å². The van der Waals surface area contributed by atoms with Crippen LogP contribution >= 0.6 is 0 Å². The van der Waals surface area contributed by atoms with Gasteiger partial charge in [0.1, 0.15) is 34.5 Å². The van der Waals surface area contributed by atoms with E-state index < -0.39 is 0 Å². The molecule has 0 saturated heterocycles. The largest absolute Gasteiger partial charge is 0.456 e. The van der Waals surface area contributed by atoms with E-state index in [1.54, 1.807) is 12.1 Å². The van der Waals surface area contributed by atoms with E-state index in [4.69, 9.17) is 8.83 Å². The van der Waals surface area contributed by atoms with Crippen LogP contribution in [0.4, 0.5) is 0 Å². The van der Waals surface area contributed by atoms with Crippen LogP contribution in [0.1, 0.15) is 11.1 Å². The fraction of sp³-hybridized carbons (Fsp3) is 0. The molecular weight excluding hydrogens is 530 g/mol. The summed E-state index contributed by atoms with van der Waals surface area (Å²) < 4.78 is 14.9. The van der Waals surface area contributed by atoms with E-state index in [1.807, 2.05) is 42.5 Å².